The molecule has 3 fully saturated rings. The summed E-state index contributed by atoms with van der Waals surface area (Å²) < 4.78 is 15.2. The molecule has 2 aromatic heterocycles. The fourth-order valence-corrected chi connectivity index (χ4v) is 7.77. The summed E-state index contributed by atoms with van der Waals surface area (Å²) in [6, 6.07) is 14.4. The van der Waals surface area contributed by atoms with Gasteiger partial charge in [-0.05, 0) is 94.0 Å². The topological polar surface area (TPSA) is 152 Å². The van der Waals surface area contributed by atoms with E-state index in [-0.39, 0.29) is 23.6 Å². The van der Waals surface area contributed by atoms with Crippen LogP contribution in [-0.2, 0) is 13.1 Å². The molecule has 0 saturated heterocycles. The lowest BCUT2D eigenvalue weighted by Crippen LogP contribution is -2.55. The van der Waals surface area contributed by atoms with Gasteiger partial charge in [-0.25, -0.2) is 14.8 Å². The van der Waals surface area contributed by atoms with Crippen molar-refractivity contribution in [2.75, 3.05) is 11.3 Å². The normalized spacial score (nSPS) is 19.4. The minimum atomic E-state index is -1.03. The van der Waals surface area contributed by atoms with E-state index in [0.717, 1.165) is 52.6 Å². The van der Waals surface area contributed by atoms with E-state index in [1.165, 1.54) is 31.4 Å². The highest BCUT2D eigenvalue weighted by Gasteiger charge is 2.56. The van der Waals surface area contributed by atoms with E-state index in [1.54, 1.807) is 23.2 Å². The molecule has 0 radical (unpaired) electrons. The molecule has 1 aliphatic heterocycles. The third-order valence-electron chi connectivity index (χ3n) is 9.94. The van der Waals surface area contributed by atoms with Crippen LogP contribution in [0.3, 0.4) is 0 Å². The smallest absolute Gasteiger partial charge is 0.335 e. The first-order valence-electron chi connectivity index (χ1n) is 17.0. The number of hydrogen-bond donors (Lipinski definition) is 3. The number of ether oxygens (including phenoxy) is 1. The highest BCUT2D eigenvalue weighted by molar-refractivity contribution is 7.96. The molecule has 260 valence electrons. The van der Waals surface area contributed by atoms with Crippen LogP contribution in [0, 0.1) is 25.2 Å². The molecule has 0 spiro atoms. The number of aromatic nitrogens is 4. The monoisotopic (exact) mass is 695 g/mol. The fourth-order valence-electron chi connectivity index (χ4n) is 7.36. The number of carbonyl (C=O) groups excluding carboxylic acids is 1. The van der Waals surface area contributed by atoms with Gasteiger partial charge >= 0.3 is 5.97 Å². The van der Waals surface area contributed by atoms with Crippen LogP contribution in [0.4, 0.5) is 5.95 Å². The minimum Gasteiger partial charge on any atom is -0.478 e. The number of anilines is 1. The maximum absolute atomic E-state index is 12.7. The summed E-state index contributed by atoms with van der Waals surface area (Å²) in [5.74, 6) is 0.862. The maximum Gasteiger partial charge on any atom is 0.335 e. The van der Waals surface area contributed by atoms with Gasteiger partial charge in [0.05, 0.1) is 35.4 Å². The SMILES string of the molecule is Cc1cccc(C)c1-c1cc(OCC(CC23CC(C2)C3)NCc2cnc3c(n2)CN(C(C)C)C3=O)nc(NSOc2cccc(C(=O)O)c2)n1. The number of carbonyl (C=O) groups is 2. The van der Waals surface area contributed by atoms with Gasteiger partial charge in [0.25, 0.3) is 5.91 Å². The molecule has 3 N–H and O–H groups in total. The fraction of sp³-hybridized carbons (Fsp3) is 0.405. The van der Waals surface area contributed by atoms with E-state index in [9.17, 15) is 14.7 Å². The third kappa shape index (κ3) is 7.10. The number of rotatable bonds is 15. The van der Waals surface area contributed by atoms with Crippen LogP contribution in [0.5, 0.6) is 11.6 Å². The third-order valence-corrected chi connectivity index (χ3v) is 10.5. The van der Waals surface area contributed by atoms with Crippen LogP contribution in [0.1, 0.15) is 82.9 Å². The Labute approximate surface area is 295 Å². The molecule has 12 nitrogen and oxygen atoms in total. The summed E-state index contributed by atoms with van der Waals surface area (Å²) in [6.45, 7) is 9.47. The van der Waals surface area contributed by atoms with Crippen molar-refractivity contribution in [3.8, 4) is 22.9 Å². The number of aryl methyl sites for hydroxylation is 2. The standard InChI is InChI=1S/C37H41N7O5S/c1-21(2)44-19-30-33(34(44)45)39-18-27(40-30)17-38-26(16-37-13-24(14-37)15-37)20-48-31-12-29(32-22(3)7-5-8-23(32)4)41-36(42-31)43-50-49-28-10-6-9-25(11-28)35(46)47/h5-12,18,21,24,26,38H,13-17,19-20H2,1-4H3,(H,46,47)(H,41,42,43). The largest absolute Gasteiger partial charge is 0.478 e. The molecular weight excluding hydrogens is 655 g/mol. The van der Waals surface area contributed by atoms with Gasteiger partial charge in [0.1, 0.15) is 12.4 Å². The van der Waals surface area contributed by atoms with Crippen LogP contribution in [0.2, 0.25) is 0 Å². The van der Waals surface area contributed by atoms with Crippen molar-refractivity contribution >= 4 is 30.1 Å². The van der Waals surface area contributed by atoms with Crippen molar-refractivity contribution in [1.29, 1.82) is 0 Å². The minimum absolute atomic E-state index is 0.0364. The van der Waals surface area contributed by atoms with Crippen molar-refractivity contribution in [3.63, 3.8) is 0 Å². The van der Waals surface area contributed by atoms with E-state index in [0.29, 0.717) is 54.1 Å². The molecule has 3 aliphatic carbocycles. The van der Waals surface area contributed by atoms with E-state index in [1.807, 2.05) is 52.0 Å². The second-order valence-corrected chi connectivity index (χ2v) is 14.6. The Balaban J connectivity index is 1.07. The molecule has 3 saturated carbocycles. The van der Waals surface area contributed by atoms with Crippen LogP contribution in [-0.4, -0.2) is 60.5 Å². The first kappa shape index (κ1) is 33.7. The number of hydrogen-bond acceptors (Lipinski definition) is 11. The summed E-state index contributed by atoms with van der Waals surface area (Å²) >= 11 is 0.892. The number of fused-ring (bicyclic) bond motifs is 1. The van der Waals surface area contributed by atoms with Gasteiger partial charge in [0, 0.05) is 30.3 Å². The second kappa shape index (κ2) is 13.9. The zero-order valence-electron chi connectivity index (χ0n) is 28.6. The van der Waals surface area contributed by atoms with E-state index >= 15 is 0 Å². The highest BCUT2D eigenvalue weighted by atomic mass is 32.2. The van der Waals surface area contributed by atoms with Crippen LogP contribution >= 0.6 is 12.2 Å². The molecular formula is C37H41N7O5S. The van der Waals surface area contributed by atoms with Crippen molar-refractivity contribution in [2.45, 2.75) is 78.6 Å². The van der Waals surface area contributed by atoms with E-state index in [4.69, 9.17) is 18.9 Å². The average molecular weight is 696 g/mol. The lowest BCUT2D eigenvalue weighted by molar-refractivity contribution is -0.119. The molecule has 2 aromatic carbocycles. The lowest BCUT2D eigenvalue weighted by atomic mass is 9.43. The average Bonchev–Trinajstić information content (AvgIpc) is 3.38. The Hall–Kier alpha value is -4.75. The lowest BCUT2D eigenvalue weighted by Gasteiger charge is -2.63. The number of benzene rings is 2. The van der Waals surface area contributed by atoms with Crippen molar-refractivity contribution in [2.24, 2.45) is 11.3 Å². The van der Waals surface area contributed by atoms with Crippen LogP contribution in [0.25, 0.3) is 11.3 Å². The van der Waals surface area contributed by atoms with E-state index < -0.39 is 5.97 Å². The first-order valence-corrected chi connectivity index (χ1v) is 17.7. The number of carboxylic acids is 1. The molecule has 1 unspecified atom stereocenters. The maximum atomic E-state index is 12.7. The molecule has 3 heterocycles. The Morgan fingerprint density at radius 1 is 1.08 bits per heavy atom. The zero-order valence-corrected chi connectivity index (χ0v) is 29.4. The molecule has 1 atom stereocenters. The Kier molecular flexibility index (Phi) is 9.36. The number of amides is 1. The van der Waals surface area contributed by atoms with Gasteiger partial charge in [0.15, 0.2) is 17.9 Å². The number of aromatic carboxylic acids is 1. The summed E-state index contributed by atoms with van der Waals surface area (Å²) in [5, 5.41) is 13.0. The summed E-state index contributed by atoms with van der Waals surface area (Å²) in [4.78, 5) is 44.6. The Morgan fingerprint density at radius 3 is 2.54 bits per heavy atom. The van der Waals surface area contributed by atoms with Gasteiger partial charge in [-0.15, -0.1) is 0 Å². The number of nitrogens with one attached hydrogen (secondary N) is 2. The van der Waals surface area contributed by atoms with E-state index in [2.05, 4.69) is 20.0 Å². The Bertz CT molecular complexity index is 1900. The van der Waals surface area contributed by atoms with Crippen molar-refractivity contribution in [1.82, 2.24) is 30.2 Å². The predicted octanol–water partition coefficient (Wildman–Crippen LogP) is 6.39. The van der Waals surface area contributed by atoms with Gasteiger partial charge < -0.3 is 24.2 Å². The molecule has 2 bridgehead atoms. The summed E-state index contributed by atoms with van der Waals surface area (Å²) in [6.07, 6.45) is 6.48. The number of carboxylic acid groups (broad SMARTS) is 1. The first-order chi connectivity index (χ1) is 24.1. The predicted molar refractivity (Wildman–Crippen MR) is 190 cm³/mol. The molecule has 50 heavy (non-hydrogen) atoms. The van der Waals surface area contributed by atoms with Gasteiger partial charge in [-0.3, -0.25) is 14.5 Å². The van der Waals surface area contributed by atoms with Crippen LogP contribution in [0.15, 0.2) is 54.7 Å². The molecule has 13 heteroatoms. The highest BCUT2D eigenvalue weighted by Crippen LogP contribution is 2.66. The molecule has 1 amide bonds. The van der Waals surface area contributed by atoms with Gasteiger partial charge in [-0.2, -0.15) is 4.98 Å². The zero-order chi connectivity index (χ0) is 35.0. The quantitative estimate of drug-likeness (QED) is 0.0933. The summed E-state index contributed by atoms with van der Waals surface area (Å²) in [7, 11) is 0. The second-order valence-electron chi connectivity index (χ2n) is 14.0. The Morgan fingerprint density at radius 2 is 1.84 bits per heavy atom. The molecule has 8 rings (SSSR count). The van der Waals surface area contributed by atoms with Gasteiger partial charge in [-0.1, -0.05) is 24.3 Å². The van der Waals surface area contributed by atoms with Gasteiger partial charge in [0.2, 0.25) is 11.8 Å². The number of nitrogens with zero attached hydrogens (tertiary/aromatic N) is 5. The van der Waals surface area contributed by atoms with Crippen molar-refractivity contribution in [3.05, 3.63) is 88.5 Å². The van der Waals surface area contributed by atoms with Crippen molar-refractivity contribution < 1.29 is 23.6 Å². The van der Waals surface area contributed by atoms with Crippen LogP contribution < -0.4 is 19.0 Å². The molecule has 4 aromatic rings. The summed E-state index contributed by atoms with van der Waals surface area (Å²) in [5.41, 5.74) is 6.33. The molecule has 4 aliphatic rings.